The number of carbonyl (C=O) groups is 2. The van der Waals surface area contributed by atoms with Gasteiger partial charge < -0.3 is 39.9 Å². The highest BCUT2D eigenvalue weighted by molar-refractivity contribution is 7.47. The van der Waals surface area contributed by atoms with Gasteiger partial charge in [-0.15, -0.1) is 0 Å². The van der Waals surface area contributed by atoms with Gasteiger partial charge in [0.15, 0.2) is 6.10 Å². The predicted molar refractivity (Wildman–Crippen MR) is 263 cm³/mol. The Bertz CT molecular complexity index is 1200. The molecule has 0 aromatic heterocycles. The van der Waals surface area contributed by atoms with Gasteiger partial charge in [-0.05, 0) is 38.5 Å². The molecular weight excluding hydrogens is 864 g/mol. The normalized spacial score (nSPS) is 21.3. The lowest BCUT2D eigenvalue weighted by atomic mass is 9.85. The number of phosphoric acid groups is 1. The van der Waals surface area contributed by atoms with E-state index in [0.29, 0.717) is 12.8 Å². The van der Waals surface area contributed by atoms with Crippen LogP contribution in [0, 0.1) is 0 Å². The van der Waals surface area contributed by atoms with Crippen LogP contribution < -0.4 is 0 Å². The quantitative estimate of drug-likeness (QED) is 0.0145. The fourth-order valence-corrected chi connectivity index (χ4v) is 9.49. The maximum absolute atomic E-state index is 12.8. The number of carbonyl (C=O) groups excluding carboxylic acids is 2. The van der Waals surface area contributed by atoms with Gasteiger partial charge in [0, 0.05) is 12.8 Å². The summed E-state index contributed by atoms with van der Waals surface area (Å²) in [5, 5.41) is 50.3. The molecule has 0 bridgehead atoms. The molecule has 66 heavy (non-hydrogen) atoms. The average Bonchev–Trinajstić information content (AvgIpc) is 3.30. The molecule has 0 radical (unpaired) electrons. The van der Waals surface area contributed by atoms with Gasteiger partial charge in [0.05, 0.1) is 6.61 Å². The minimum Gasteiger partial charge on any atom is -0.462 e. The topological polar surface area (TPSA) is 210 Å². The number of rotatable bonds is 46. The van der Waals surface area contributed by atoms with E-state index in [2.05, 4.69) is 26.0 Å². The van der Waals surface area contributed by atoms with Crippen molar-refractivity contribution < 1.29 is 63.1 Å². The van der Waals surface area contributed by atoms with Crippen LogP contribution in [0.2, 0.25) is 0 Å². The maximum atomic E-state index is 12.8. The Morgan fingerprint density at radius 1 is 0.455 bits per heavy atom. The number of aliphatic hydroxyl groups excluding tert-OH is 5. The summed E-state index contributed by atoms with van der Waals surface area (Å²) in [5.74, 6) is -1.09. The Hall–Kier alpha value is -1.41. The van der Waals surface area contributed by atoms with Crippen molar-refractivity contribution in [3.05, 3.63) is 12.2 Å². The van der Waals surface area contributed by atoms with Crippen molar-refractivity contribution >= 4 is 19.8 Å². The van der Waals surface area contributed by atoms with Crippen LogP contribution in [-0.4, -0.2) is 98.3 Å². The number of aliphatic hydroxyl groups is 5. The largest absolute Gasteiger partial charge is 0.472 e. The molecule has 1 aliphatic rings. The number of esters is 2. The van der Waals surface area contributed by atoms with Crippen molar-refractivity contribution in [1.82, 2.24) is 0 Å². The fourth-order valence-electron chi connectivity index (χ4n) is 8.52. The van der Waals surface area contributed by atoms with E-state index in [1.54, 1.807) is 0 Å². The molecule has 6 N–H and O–H groups in total. The second kappa shape index (κ2) is 42.5. The summed E-state index contributed by atoms with van der Waals surface area (Å²) in [6.45, 7) is 3.33. The van der Waals surface area contributed by atoms with E-state index in [1.807, 2.05) is 0 Å². The number of unbranched alkanes of at least 4 members (excludes halogenated alkanes) is 32. The van der Waals surface area contributed by atoms with E-state index in [0.717, 1.165) is 57.8 Å². The van der Waals surface area contributed by atoms with E-state index in [1.165, 1.54) is 154 Å². The first kappa shape index (κ1) is 62.6. The zero-order chi connectivity index (χ0) is 48.5. The molecule has 1 rings (SSSR count). The first-order chi connectivity index (χ1) is 31.9. The van der Waals surface area contributed by atoms with Crippen LogP contribution in [-0.2, 0) is 32.7 Å². The summed E-state index contributed by atoms with van der Waals surface area (Å²) in [4.78, 5) is 35.8. The lowest BCUT2D eigenvalue weighted by molar-refractivity contribution is -0.220. The van der Waals surface area contributed by atoms with Crippen LogP contribution in [0.15, 0.2) is 12.2 Å². The van der Waals surface area contributed by atoms with Crippen LogP contribution in [0.25, 0.3) is 0 Å². The molecule has 0 amide bonds. The van der Waals surface area contributed by atoms with E-state index in [-0.39, 0.29) is 12.8 Å². The summed E-state index contributed by atoms with van der Waals surface area (Å²) in [5.41, 5.74) is 0. The highest BCUT2D eigenvalue weighted by Crippen LogP contribution is 2.47. The number of hydrogen-bond acceptors (Lipinski definition) is 12. The number of phosphoric ester groups is 1. The average molecular weight is 963 g/mol. The van der Waals surface area contributed by atoms with Gasteiger partial charge in [0.25, 0.3) is 0 Å². The molecule has 1 fully saturated rings. The van der Waals surface area contributed by atoms with E-state index >= 15 is 0 Å². The molecule has 1 saturated carbocycles. The summed E-state index contributed by atoms with van der Waals surface area (Å²) >= 11 is 0. The van der Waals surface area contributed by atoms with Gasteiger partial charge in [-0.3, -0.25) is 18.6 Å². The fraction of sp³-hybridized carbons (Fsp3) is 0.923. The predicted octanol–water partition coefficient (Wildman–Crippen LogP) is 11.8. The van der Waals surface area contributed by atoms with Crippen molar-refractivity contribution in [3.63, 3.8) is 0 Å². The zero-order valence-corrected chi connectivity index (χ0v) is 42.7. The van der Waals surface area contributed by atoms with Crippen LogP contribution in [0.1, 0.15) is 251 Å². The molecule has 6 unspecified atom stereocenters. The third kappa shape index (κ3) is 34.0. The van der Waals surface area contributed by atoms with Gasteiger partial charge in [0.1, 0.15) is 43.2 Å². The van der Waals surface area contributed by atoms with Gasteiger partial charge >= 0.3 is 19.8 Å². The van der Waals surface area contributed by atoms with Crippen LogP contribution in [0.3, 0.4) is 0 Å². The molecular formula is C52H99O13P. The second-order valence-electron chi connectivity index (χ2n) is 19.1. The SMILES string of the molecule is CCCCCCC/C=C\CCCCCCCC(=O)OC(COC(=O)CCCCCCCCCCCCCCCCCCCCCCCCC)COP(=O)(O)OC1C(O)C(O)C(O)C(O)C1O. The number of ether oxygens (including phenoxy) is 2. The van der Waals surface area contributed by atoms with Crippen molar-refractivity contribution in [2.75, 3.05) is 13.2 Å². The summed E-state index contributed by atoms with van der Waals surface area (Å²) in [6.07, 6.45) is 34.1. The third-order valence-electron chi connectivity index (χ3n) is 12.9. The Morgan fingerprint density at radius 2 is 0.773 bits per heavy atom. The monoisotopic (exact) mass is 963 g/mol. The van der Waals surface area contributed by atoms with Crippen molar-refractivity contribution in [3.8, 4) is 0 Å². The van der Waals surface area contributed by atoms with Crippen LogP contribution in [0.4, 0.5) is 0 Å². The van der Waals surface area contributed by atoms with Gasteiger partial charge in [0.2, 0.25) is 0 Å². The maximum Gasteiger partial charge on any atom is 0.472 e. The van der Waals surface area contributed by atoms with Gasteiger partial charge in [-0.1, -0.05) is 212 Å². The van der Waals surface area contributed by atoms with Crippen LogP contribution >= 0.6 is 7.82 Å². The van der Waals surface area contributed by atoms with Crippen molar-refractivity contribution in [1.29, 1.82) is 0 Å². The minimum absolute atomic E-state index is 0.0910. The second-order valence-corrected chi connectivity index (χ2v) is 20.5. The standard InChI is InChI=1S/C52H99O13P/c1-3-5-7-9-11-13-15-17-19-20-21-22-23-24-25-26-27-29-30-32-34-36-38-40-45(53)62-42-44(43-63-66(60,61)65-52-50(58)48(56)47(55)49(57)51(52)59)64-46(54)41-39-37-35-33-31-28-18-16-14-12-10-8-6-4-2/h16,18,44,47-52,55-59H,3-15,17,19-43H2,1-2H3,(H,60,61)/b18-16-. The molecule has 14 heteroatoms. The molecule has 390 valence electrons. The molecule has 0 spiro atoms. The molecule has 1 aliphatic carbocycles. The zero-order valence-electron chi connectivity index (χ0n) is 41.8. The highest BCUT2D eigenvalue weighted by atomic mass is 31.2. The van der Waals surface area contributed by atoms with Gasteiger partial charge in [-0.25, -0.2) is 4.57 Å². The molecule has 13 nitrogen and oxygen atoms in total. The molecule has 6 atom stereocenters. The molecule has 0 aliphatic heterocycles. The van der Waals surface area contributed by atoms with Crippen molar-refractivity contribution in [2.24, 2.45) is 0 Å². The number of allylic oxidation sites excluding steroid dienone is 2. The van der Waals surface area contributed by atoms with E-state index < -0.39 is 75.7 Å². The lowest BCUT2D eigenvalue weighted by Gasteiger charge is -2.41. The Labute approximate surface area is 401 Å². The van der Waals surface area contributed by atoms with E-state index in [9.17, 15) is 44.6 Å². The van der Waals surface area contributed by atoms with E-state index in [4.69, 9.17) is 18.5 Å². The lowest BCUT2D eigenvalue weighted by Crippen LogP contribution is -2.64. The van der Waals surface area contributed by atoms with Gasteiger partial charge in [-0.2, -0.15) is 0 Å². The Balaban J connectivity index is 2.32. The highest BCUT2D eigenvalue weighted by Gasteiger charge is 2.51. The minimum atomic E-state index is -5.12. The summed E-state index contributed by atoms with van der Waals surface area (Å²) < 4.78 is 33.6. The van der Waals surface area contributed by atoms with Crippen LogP contribution in [0.5, 0.6) is 0 Å². The Morgan fingerprint density at radius 3 is 1.15 bits per heavy atom. The first-order valence-electron chi connectivity index (χ1n) is 27.0. The summed E-state index contributed by atoms with van der Waals surface area (Å²) in [7, 11) is -5.12. The molecule has 0 aromatic carbocycles. The molecule has 0 aromatic rings. The smallest absolute Gasteiger partial charge is 0.462 e. The number of hydrogen-bond donors (Lipinski definition) is 6. The molecule has 0 saturated heterocycles. The third-order valence-corrected chi connectivity index (χ3v) is 13.8. The molecule has 0 heterocycles. The van der Waals surface area contributed by atoms with Crippen molar-refractivity contribution in [2.45, 2.75) is 294 Å². The summed E-state index contributed by atoms with van der Waals surface area (Å²) in [6, 6.07) is 0. The first-order valence-corrected chi connectivity index (χ1v) is 28.5. The Kier molecular flexibility index (Phi) is 40.3.